The quantitative estimate of drug-likeness (QED) is 0.0400. The molecule has 15 nitrogen and oxygen atoms in total. The Hall–Kier alpha value is -2.46. The van der Waals surface area contributed by atoms with Crippen molar-refractivity contribution in [3.63, 3.8) is 0 Å². The molecule has 0 aromatic carbocycles. The highest BCUT2D eigenvalue weighted by molar-refractivity contribution is 8.13. The van der Waals surface area contributed by atoms with Crippen LogP contribution in [0.15, 0.2) is 12.2 Å². The first-order valence-electron chi connectivity index (χ1n) is 13.1. The Morgan fingerprint density at radius 2 is 1.81 bits per heavy atom. The molecule has 1 heterocycles. The molecule has 0 aromatic heterocycles. The van der Waals surface area contributed by atoms with Gasteiger partial charge in [-0.2, -0.15) is 0 Å². The third kappa shape index (κ3) is 14.1. The van der Waals surface area contributed by atoms with Gasteiger partial charge in [0.1, 0.15) is 5.78 Å². The van der Waals surface area contributed by atoms with Gasteiger partial charge in [0.15, 0.2) is 23.3 Å². The van der Waals surface area contributed by atoms with Crippen molar-refractivity contribution in [1.82, 2.24) is 15.7 Å². The first kappa shape index (κ1) is 37.6. The molecule has 1 fully saturated rings. The summed E-state index contributed by atoms with van der Waals surface area (Å²) in [7, 11) is -2.68. The van der Waals surface area contributed by atoms with Gasteiger partial charge in [0.2, 0.25) is 11.8 Å². The number of allylic oxidation sites excluding steroid dienone is 1. The summed E-state index contributed by atoms with van der Waals surface area (Å²) in [6, 6.07) is -0.820. The smallest absolute Gasteiger partial charge is 0.406 e. The average molecular weight is 638 g/mol. The maximum absolute atomic E-state index is 13.0. The average Bonchev–Trinajstić information content (AvgIpc) is 2.91. The number of aliphatic hydroxyl groups is 1. The molecule has 2 amide bonds. The minimum Gasteiger partial charge on any atom is -0.463 e. The molecule has 0 radical (unpaired) electrons. The summed E-state index contributed by atoms with van der Waals surface area (Å²) < 4.78 is 33.2. The fourth-order valence-electron chi connectivity index (χ4n) is 3.34. The molecule has 1 rings (SSSR count). The van der Waals surface area contributed by atoms with E-state index in [2.05, 4.69) is 20.5 Å². The van der Waals surface area contributed by atoms with Crippen molar-refractivity contribution < 1.29 is 57.0 Å². The Kier molecular flexibility index (Phi) is 16.3. The van der Waals surface area contributed by atoms with Crippen LogP contribution in [0.25, 0.3) is 0 Å². The molecule has 2 unspecified atom stereocenters. The summed E-state index contributed by atoms with van der Waals surface area (Å²) in [6.45, 7) is 6.64. The summed E-state index contributed by atoms with van der Waals surface area (Å²) in [4.78, 5) is 71.6. The van der Waals surface area contributed by atoms with Gasteiger partial charge < -0.3 is 25.2 Å². The van der Waals surface area contributed by atoms with Gasteiger partial charge in [-0.25, -0.2) is 14.4 Å². The van der Waals surface area contributed by atoms with Gasteiger partial charge in [0.05, 0.1) is 32.1 Å². The lowest BCUT2D eigenvalue weighted by Gasteiger charge is -2.41. The zero-order valence-electron chi connectivity index (χ0n) is 24.3. The second-order valence-corrected chi connectivity index (χ2v) is 12.7. The van der Waals surface area contributed by atoms with Gasteiger partial charge in [-0.15, -0.1) is 0 Å². The van der Waals surface area contributed by atoms with Gasteiger partial charge >= 0.3 is 13.7 Å². The summed E-state index contributed by atoms with van der Waals surface area (Å²) in [5, 5.41) is 16.9. The van der Waals surface area contributed by atoms with Crippen LogP contribution < -0.4 is 15.7 Å². The SMILES string of the molecule is CCOC(=O)/C=C/C(=O)CC(=O)CC(=O)SCCNC(=O)CCNC(=O)[C@@H]1OP(=O)(N[C@@H](C)C(O)OC)OCC1(C)C. The van der Waals surface area contributed by atoms with E-state index in [-0.39, 0.29) is 38.5 Å². The number of carbonyl (C=O) groups excluding carboxylic acids is 6. The van der Waals surface area contributed by atoms with E-state index >= 15 is 0 Å². The molecule has 0 saturated carbocycles. The Bertz CT molecular complexity index is 1070. The number of hydrogen-bond acceptors (Lipinski definition) is 13. The molecule has 17 heteroatoms. The standard InChI is InChI=1S/C25H40N3O12PS/c1-6-38-20(32)8-7-17(29)13-18(30)14-21(33)42-12-11-26-19(31)9-10-27-23(34)22-25(3,4)15-39-41(36,40-22)28-16(2)24(35)37-5/h7-8,16,22,24,35H,6,9-15H2,1-5H3,(H,26,31)(H,27,34)(H,28,36)/b8-7+/t16-,22-,24?,41?/m0/s1. The second-order valence-electron chi connectivity index (χ2n) is 9.84. The van der Waals surface area contributed by atoms with Crippen LogP contribution in [0, 0.1) is 5.41 Å². The maximum Gasteiger partial charge on any atom is 0.406 e. The fourth-order valence-corrected chi connectivity index (χ4v) is 6.02. The van der Waals surface area contributed by atoms with Crippen molar-refractivity contribution in [3.05, 3.63) is 12.2 Å². The van der Waals surface area contributed by atoms with Crippen molar-refractivity contribution in [2.45, 2.75) is 65.4 Å². The number of nitrogens with one attached hydrogen (secondary N) is 3. The van der Waals surface area contributed by atoms with E-state index in [4.69, 9.17) is 13.8 Å². The monoisotopic (exact) mass is 637 g/mol. The lowest BCUT2D eigenvalue weighted by molar-refractivity contribution is -0.140. The molecule has 42 heavy (non-hydrogen) atoms. The molecule has 0 spiro atoms. The number of ether oxygens (including phenoxy) is 2. The molecule has 1 saturated heterocycles. The van der Waals surface area contributed by atoms with Crippen LogP contribution in [0.3, 0.4) is 0 Å². The van der Waals surface area contributed by atoms with Crippen molar-refractivity contribution in [3.8, 4) is 0 Å². The third-order valence-electron chi connectivity index (χ3n) is 5.57. The van der Waals surface area contributed by atoms with Crippen molar-refractivity contribution in [2.24, 2.45) is 5.41 Å². The minimum atomic E-state index is -3.95. The molecule has 0 aromatic rings. The minimum absolute atomic E-state index is 0.0444. The van der Waals surface area contributed by atoms with Crippen LogP contribution in [0.5, 0.6) is 0 Å². The van der Waals surface area contributed by atoms with E-state index < -0.39 is 78.9 Å². The molecule has 0 aliphatic carbocycles. The van der Waals surface area contributed by atoms with Gasteiger partial charge in [-0.1, -0.05) is 25.6 Å². The number of aliphatic hydroxyl groups excluding tert-OH is 1. The number of hydrogen-bond donors (Lipinski definition) is 4. The van der Waals surface area contributed by atoms with E-state index in [0.717, 1.165) is 23.9 Å². The number of esters is 1. The van der Waals surface area contributed by atoms with Crippen LogP contribution in [0.4, 0.5) is 0 Å². The zero-order chi connectivity index (χ0) is 31.9. The summed E-state index contributed by atoms with van der Waals surface area (Å²) >= 11 is 0.821. The molecular formula is C25H40N3O12PS. The molecule has 4 N–H and O–H groups in total. The maximum atomic E-state index is 13.0. The summed E-state index contributed by atoms with van der Waals surface area (Å²) in [6.07, 6.45) is -1.69. The number of methoxy groups -OCH3 is 1. The third-order valence-corrected chi connectivity index (χ3v) is 8.13. The normalized spacial score (nSPS) is 21.2. The predicted molar refractivity (Wildman–Crippen MR) is 151 cm³/mol. The van der Waals surface area contributed by atoms with Crippen LogP contribution in [0.1, 0.15) is 47.0 Å². The van der Waals surface area contributed by atoms with E-state index in [9.17, 15) is 38.4 Å². The van der Waals surface area contributed by atoms with Gasteiger partial charge in [-0.3, -0.25) is 33.0 Å². The topological polar surface area (TPSA) is 213 Å². The van der Waals surface area contributed by atoms with E-state index in [1.807, 2.05) is 0 Å². The second kappa shape index (κ2) is 18.3. The highest BCUT2D eigenvalue weighted by atomic mass is 32.2. The van der Waals surface area contributed by atoms with Crippen molar-refractivity contribution in [2.75, 3.05) is 39.2 Å². The fraction of sp³-hybridized carbons (Fsp3) is 0.680. The Balaban J connectivity index is 2.36. The molecule has 1 aliphatic rings. The van der Waals surface area contributed by atoms with Crippen LogP contribution in [0.2, 0.25) is 0 Å². The lowest BCUT2D eigenvalue weighted by Crippen LogP contribution is -2.52. The number of Topliss-reactive ketones (excluding diaryl/α,β-unsaturated/α-hetero) is 1. The molecule has 0 bridgehead atoms. The van der Waals surface area contributed by atoms with Crippen LogP contribution in [-0.2, 0) is 51.9 Å². The predicted octanol–water partition coefficient (Wildman–Crippen LogP) is 0.399. The van der Waals surface area contributed by atoms with Crippen LogP contribution >= 0.6 is 19.5 Å². The van der Waals surface area contributed by atoms with Crippen LogP contribution in [-0.4, -0.2) is 97.2 Å². The first-order valence-corrected chi connectivity index (χ1v) is 15.7. The molecule has 4 atom stereocenters. The van der Waals surface area contributed by atoms with Crippen molar-refractivity contribution in [1.29, 1.82) is 0 Å². The molecule has 1 aliphatic heterocycles. The molecule has 238 valence electrons. The van der Waals surface area contributed by atoms with E-state index in [1.54, 1.807) is 20.8 Å². The number of amides is 2. The van der Waals surface area contributed by atoms with E-state index in [1.165, 1.54) is 14.0 Å². The van der Waals surface area contributed by atoms with Gasteiger partial charge in [0.25, 0.3) is 0 Å². The number of rotatable bonds is 18. The highest BCUT2D eigenvalue weighted by Gasteiger charge is 2.48. The van der Waals surface area contributed by atoms with E-state index in [0.29, 0.717) is 0 Å². The number of thioether (sulfide) groups is 1. The zero-order valence-corrected chi connectivity index (χ0v) is 26.0. The Labute approximate surface area is 248 Å². The van der Waals surface area contributed by atoms with Gasteiger partial charge in [0, 0.05) is 43.9 Å². The Morgan fingerprint density at radius 1 is 1.12 bits per heavy atom. The number of ketones is 2. The van der Waals surface area contributed by atoms with Gasteiger partial charge in [-0.05, 0) is 19.9 Å². The number of carbonyl (C=O) groups is 6. The lowest BCUT2D eigenvalue weighted by atomic mass is 9.87. The summed E-state index contributed by atoms with van der Waals surface area (Å²) in [5.74, 6) is -2.75. The largest absolute Gasteiger partial charge is 0.463 e. The first-order chi connectivity index (χ1) is 19.6. The highest BCUT2D eigenvalue weighted by Crippen LogP contribution is 2.53. The summed E-state index contributed by atoms with van der Waals surface area (Å²) in [5.41, 5.74) is -0.844. The van der Waals surface area contributed by atoms with Crippen molar-refractivity contribution >= 4 is 54.0 Å². The Morgan fingerprint density at radius 3 is 2.45 bits per heavy atom. The molecular weight excluding hydrogens is 597 g/mol.